The summed E-state index contributed by atoms with van der Waals surface area (Å²) >= 11 is 0. The van der Waals surface area contributed by atoms with Gasteiger partial charge in [0.15, 0.2) is 8.32 Å². The molecule has 23 heavy (non-hydrogen) atoms. The zero-order valence-electron chi connectivity index (χ0n) is 16.3. The van der Waals surface area contributed by atoms with E-state index >= 15 is 0 Å². The lowest BCUT2D eigenvalue weighted by Gasteiger charge is -2.42. The molecule has 0 bridgehead atoms. The van der Waals surface area contributed by atoms with Crippen LogP contribution in [0.4, 0.5) is 0 Å². The molecule has 0 saturated heterocycles. The summed E-state index contributed by atoms with van der Waals surface area (Å²) in [5.74, 6) is 1.23. The Balaban J connectivity index is 2.10. The van der Waals surface area contributed by atoms with Crippen LogP contribution < -0.4 is 0 Å². The number of carbonyl (C=O) groups excluding carboxylic acids is 1. The quantitative estimate of drug-likeness (QED) is 0.472. The van der Waals surface area contributed by atoms with E-state index in [2.05, 4.69) is 47.7 Å². The summed E-state index contributed by atoms with van der Waals surface area (Å²) in [5.41, 5.74) is 2.83. The maximum atomic E-state index is 11.4. The maximum Gasteiger partial charge on any atom is 0.191 e. The van der Waals surface area contributed by atoms with Gasteiger partial charge in [0.25, 0.3) is 0 Å². The monoisotopic (exact) mass is 336 g/mol. The van der Waals surface area contributed by atoms with E-state index in [9.17, 15) is 4.79 Å². The predicted molar refractivity (Wildman–Crippen MR) is 100 cm³/mol. The third kappa shape index (κ3) is 3.51. The topological polar surface area (TPSA) is 26.3 Å². The summed E-state index contributed by atoms with van der Waals surface area (Å²) in [6, 6.07) is 0. The molecule has 0 unspecified atom stereocenters. The van der Waals surface area contributed by atoms with Crippen molar-refractivity contribution in [3.63, 3.8) is 0 Å². The predicted octanol–water partition coefficient (Wildman–Crippen LogP) is 5.74. The summed E-state index contributed by atoms with van der Waals surface area (Å²) < 4.78 is 6.50. The van der Waals surface area contributed by atoms with Crippen molar-refractivity contribution in [2.75, 3.05) is 6.61 Å². The number of allylic oxidation sites excluding steroid dienone is 2. The standard InChI is InChI=1S/C20H36O2Si/c1-15(14-22-23(6,7)19(2,3)4)17-10-11-18-16(13-21)9-8-12-20(17,18)5/h13,15,17H,8-12,14H2,1-7H3/t15-,17-,20-/m1/s1. The minimum atomic E-state index is -1.68. The molecular formula is C20H36O2Si. The Hall–Kier alpha value is -0.413. The normalized spacial score (nSPS) is 30.3. The van der Waals surface area contributed by atoms with E-state index in [4.69, 9.17) is 4.43 Å². The molecule has 3 atom stereocenters. The summed E-state index contributed by atoms with van der Waals surface area (Å²) in [6.07, 6.45) is 6.89. The van der Waals surface area contributed by atoms with Crippen molar-refractivity contribution >= 4 is 14.6 Å². The van der Waals surface area contributed by atoms with Crippen LogP contribution in [-0.2, 0) is 9.22 Å². The highest BCUT2D eigenvalue weighted by Gasteiger charge is 2.47. The maximum absolute atomic E-state index is 11.4. The van der Waals surface area contributed by atoms with Gasteiger partial charge in [0, 0.05) is 6.61 Å². The molecule has 2 nitrogen and oxygen atoms in total. The molecule has 0 radical (unpaired) electrons. The van der Waals surface area contributed by atoms with Gasteiger partial charge in [-0.3, -0.25) is 4.79 Å². The van der Waals surface area contributed by atoms with Crippen LogP contribution in [0.5, 0.6) is 0 Å². The summed E-state index contributed by atoms with van der Waals surface area (Å²) in [6.45, 7) is 17.2. The fraction of sp³-hybridized carbons (Fsp3) is 0.850. The lowest BCUT2D eigenvalue weighted by Crippen LogP contribution is -2.43. The van der Waals surface area contributed by atoms with E-state index < -0.39 is 8.32 Å². The summed E-state index contributed by atoms with van der Waals surface area (Å²) in [5, 5.41) is 0.271. The van der Waals surface area contributed by atoms with Crippen LogP contribution in [-0.4, -0.2) is 21.2 Å². The molecule has 0 amide bonds. The first-order chi connectivity index (χ1) is 10.5. The van der Waals surface area contributed by atoms with Gasteiger partial charge in [-0.25, -0.2) is 0 Å². The van der Waals surface area contributed by atoms with Crippen molar-refractivity contribution in [2.45, 2.75) is 84.9 Å². The first-order valence-corrected chi connectivity index (χ1v) is 12.3. The Morgan fingerprint density at radius 1 is 1.35 bits per heavy atom. The van der Waals surface area contributed by atoms with Gasteiger partial charge in [-0.15, -0.1) is 0 Å². The Bertz CT molecular complexity index is 486. The average molecular weight is 337 g/mol. The molecule has 0 aromatic rings. The van der Waals surface area contributed by atoms with Crippen LogP contribution in [0.25, 0.3) is 0 Å². The van der Waals surface area contributed by atoms with Crippen LogP contribution in [0.15, 0.2) is 11.1 Å². The highest BCUT2D eigenvalue weighted by Crippen LogP contribution is 2.57. The number of rotatable bonds is 5. The number of carbonyl (C=O) groups is 1. The molecule has 132 valence electrons. The van der Waals surface area contributed by atoms with Crippen LogP contribution in [0.2, 0.25) is 18.1 Å². The van der Waals surface area contributed by atoms with Gasteiger partial charge in [-0.2, -0.15) is 0 Å². The lowest BCUT2D eigenvalue weighted by molar-refractivity contribution is -0.105. The van der Waals surface area contributed by atoms with Gasteiger partial charge in [-0.05, 0) is 73.1 Å². The van der Waals surface area contributed by atoms with Crippen LogP contribution in [0.1, 0.15) is 66.7 Å². The number of fused-ring (bicyclic) bond motifs is 1. The fourth-order valence-electron chi connectivity index (χ4n) is 4.50. The molecule has 3 heteroatoms. The molecule has 0 aromatic carbocycles. The van der Waals surface area contributed by atoms with Crippen LogP contribution in [0, 0.1) is 17.3 Å². The minimum Gasteiger partial charge on any atom is -0.417 e. The first-order valence-electron chi connectivity index (χ1n) is 9.34. The van der Waals surface area contributed by atoms with Crippen LogP contribution >= 0.6 is 0 Å². The van der Waals surface area contributed by atoms with Crippen molar-refractivity contribution < 1.29 is 9.22 Å². The zero-order valence-corrected chi connectivity index (χ0v) is 17.3. The van der Waals surface area contributed by atoms with Crippen molar-refractivity contribution in [3.8, 4) is 0 Å². The summed E-state index contributed by atoms with van der Waals surface area (Å²) in [4.78, 5) is 11.4. The van der Waals surface area contributed by atoms with Gasteiger partial charge >= 0.3 is 0 Å². The molecule has 0 aliphatic heterocycles. The second-order valence-corrected chi connectivity index (χ2v) is 14.4. The highest BCUT2D eigenvalue weighted by molar-refractivity contribution is 6.74. The van der Waals surface area contributed by atoms with Crippen molar-refractivity contribution in [3.05, 3.63) is 11.1 Å². The van der Waals surface area contributed by atoms with E-state index in [0.29, 0.717) is 11.8 Å². The molecule has 2 aliphatic carbocycles. The van der Waals surface area contributed by atoms with Gasteiger partial charge in [-0.1, -0.05) is 40.2 Å². The molecule has 2 rings (SSSR count). The van der Waals surface area contributed by atoms with Crippen molar-refractivity contribution in [2.24, 2.45) is 17.3 Å². The van der Waals surface area contributed by atoms with Gasteiger partial charge in [0.05, 0.1) is 0 Å². The smallest absolute Gasteiger partial charge is 0.191 e. The molecule has 1 saturated carbocycles. The second kappa shape index (κ2) is 6.48. The van der Waals surface area contributed by atoms with E-state index in [1.807, 2.05) is 0 Å². The molecule has 1 fully saturated rings. The molecule has 0 heterocycles. The highest BCUT2D eigenvalue weighted by atomic mass is 28.4. The van der Waals surface area contributed by atoms with Crippen LogP contribution in [0.3, 0.4) is 0 Å². The second-order valence-electron chi connectivity index (χ2n) is 9.59. The molecular weight excluding hydrogens is 300 g/mol. The van der Waals surface area contributed by atoms with Gasteiger partial charge in [0.1, 0.15) is 6.29 Å². The van der Waals surface area contributed by atoms with Gasteiger partial charge in [0.2, 0.25) is 0 Å². The SMILES string of the molecule is C[C@H](CO[Si](C)(C)C(C)(C)C)[C@H]1CCC2=C(C=O)CCC[C@@]21C. The van der Waals surface area contributed by atoms with Crippen molar-refractivity contribution in [1.29, 1.82) is 0 Å². The Morgan fingerprint density at radius 2 is 2.00 bits per heavy atom. The zero-order chi connectivity index (χ0) is 17.5. The Kier molecular flexibility index (Phi) is 5.33. The largest absolute Gasteiger partial charge is 0.417 e. The molecule has 2 aliphatic rings. The molecule has 0 aromatic heterocycles. The van der Waals surface area contributed by atoms with Crippen molar-refractivity contribution in [1.82, 2.24) is 0 Å². The first kappa shape index (κ1) is 18.9. The molecule has 0 N–H and O–H groups in total. The van der Waals surface area contributed by atoms with E-state index in [0.717, 1.165) is 31.3 Å². The third-order valence-corrected chi connectivity index (χ3v) is 11.6. The Morgan fingerprint density at radius 3 is 2.57 bits per heavy atom. The van der Waals surface area contributed by atoms with Gasteiger partial charge < -0.3 is 4.43 Å². The number of hydrogen-bond donors (Lipinski definition) is 0. The Labute approximate surface area is 144 Å². The summed E-state index contributed by atoms with van der Waals surface area (Å²) in [7, 11) is -1.68. The van der Waals surface area contributed by atoms with E-state index in [1.165, 1.54) is 24.8 Å². The average Bonchev–Trinajstić information content (AvgIpc) is 2.80. The number of aldehydes is 1. The third-order valence-electron chi connectivity index (χ3n) is 7.09. The van der Waals surface area contributed by atoms with E-state index in [-0.39, 0.29) is 10.5 Å². The number of hydrogen-bond acceptors (Lipinski definition) is 2. The fourth-order valence-corrected chi connectivity index (χ4v) is 5.62. The minimum absolute atomic E-state index is 0.241. The molecule has 0 spiro atoms. The van der Waals surface area contributed by atoms with E-state index in [1.54, 1.807) is 0 Å². The lowest BCUT2D eigenvalue weighted by atomic mass is 9.65.